The zero-order valence-electron chi connectivity index (χ0n) is 21.1. The van der Waals surface area contributed by atoms with Crippen LogP contribution in [-0.2, 0) is 19.6 Å². The number of nitrogens with zero attached hydrogens (tertiary/aromatic N) is 2. The molecule has 0 saturated heterocycles. The lowest BCUT2D eigenvalue weighted by Crippen LogP contribution is -2.07. The fraction of sp³-hybridized carbons (Fsp3) is 0.167. The van der Waals surface area contributed by atoms with Gasteiger partial charge < -0.3 is 19.7 Å². The number of fused-ring (bicyclic) bond motifs is 1. The molecule has 0 saturated carbocycles. The third-order valence-electron chi connectivity index (χ3n) is 6.30. The number of carboxylic acid groups (broad SMARTS) is 1. The zero-order valence-corrected chi connectivity index (χ0v) is 22.6. The number of hydrogen-bond donors (Lipinski definition) is 2. The second-order valence-corrected chi connectivity index (χ2v) is 9.77. The van der Waals surface area contributed by atoms with Crippen molar-refractivity contribution in [1.29, 1.82) is 0 Å². The SMILES string of the molecule is CCCc1onc(CNc2c(Cl)cccc2Cl)c1COc1ccc(-c2ccc3nc(C(=O)O)ccc3c2)cc1. The standard InChI is InChI=1S/C30H25Cl2N3O4/c1-2-4-28-22(27(35-39-28)16-33-29-23(31)5-3-6-24(29)32)17-38-21-11-7-18(8-12-21)19-9-13-25-20(15-19)10-14-26(34-25)30(36)37/h3,5-15,33H,2,4,16-17H2,1H3,(H,36,37). The highest BCUT2D eigenvalue weighted by Crippen LogP contribution is 2.31. The summed E-state index contributed by atoms with van der Waals surface area (Å²) in [7, 11) is 0. The minimum atomic E-state index is -1.04. The van der Waals surface area contributed by atoms with Crippen LogP contribution in [0.1, 0.15) is 40.9 Å². The van der Waals surface area contributed by atoms with Crippen LogP contribution in [0.2, 0.25) is 10.0 Å². The number of aromatic nitrogens is 2. The third-order valence-corrected chi connectivity index (χ3v) is 6.93. The molecule has 2 aromatic heterocycles. The van der Waals surface area contributed by atoms with E-state index in [0.29, 0.717) is 40.2 Å². The van der Waals surface area contributed by atoms with Crippen LogP contribution in [0, 0.1) is 0 Å². The molecule has 0 spiro atoms. The monoisotopic (exact) mass is 561 g/mol. The number of para-hydroxylation sites is 1. The van der Waals surface area contributed by atoms with Gasteiger partial charge in [0.1, 0.15) is 29.5 Å². The van der Waals surface area contributed by atoms with Gasteiger partial charge in [-0.25, -0.2) is 9.78 Å². The molecule has 3 aromatic carbocycles. The topological polar surface area (TPSA) is 97.5 Å². The molecule has 0 amide bonds. The van der Waals surface area contributed by atoms with Gasteiger partial charge in [0.15, 0.2) is 0 Å². The van der Waals surface area contributed by atoms with Gasteiger partial charge in [0.2, 0.25) is 0 Å². The van der Waals surface area contributed by atoms with Gasteiger partial charge in [-0.1, -0.05) is 65.6 Å². The Balaban J connectivity index is 1.29. The summed E-state index contributed by atoms with van der Waals surface area (Å²) >= 11 is 12.6. The smallest absolute Gasteiger partial charge is 0.354 e. The van der Waals surface area contributed by atoms with E-state index in [-0.39, 0.29) is 5.69 Å². The van der Waals surface area contributed by atoms with Gasteiger partial charge in [-0.2, -0.15) is 0 Å². The van der Waals surface area contributed by atoms with Crippen molar-refractivity contribution >= 4 is 45.8 Å². The summed E-state index contributed by atoms with van der Waals surface area (Å²) in [4.78, 5) is 15.4. The van der Waals surface area contributed by atoms with Gasteiger partial charge in [0, 0.05) is 11.8 Å². The van der Waals surface area contributed by atoms with Gasteiger partial charge in [-0.15, -0.1) is 0 Å². The van der Waals surface area contributed by atoms with Crippen molar-refractivity contribution in [2.75, 3.05) is 5.32 Å². The van der Waals surface area contributed by atoms with Crippen molar-refractivity contribution in [3.63, 3.8) is 0 Å². The number of ether oxygens (including phenoxy) is 1. The Hall–Kier alpha value is -4.07. The van der Waals surface area contributed by atoms with E-state index in [0.717, 1.165) is 46.4 Å². The number of hydrogen-bond acceptors (Lipinski definition) is 6. The molecule has 39 heavy (non-hydrogen) atoms. The molecule has 0 radical (unpaired) electrons. The molecule has 2 N–H and O–H groups in total. The van der Waals surface area contributed by atoms with Crippen molar-refractivity contribution in [3.05, 3.63) is 106 Å². The zero-order chi connectivity index (χ0) is 27.4. The van der Waals surface area contributed by atoms with E-state index in [4.69, 9.17) is 37.6 Å². The lowest BCUT2D eigenvalue weighted by atomic mass is 10.0. The first-order valence-corrected chi connectivity index (χ1v) is 13.2. The molecule has 0 aliphatic rings. The molecule has 0 aliphatic carbocycles. The minimum absolute atomic E-state index is 0.0262. The summed E-state index contributed by atoms with van der Waals surface area (Å²) in [5, 5.41) is 18.6. The second kappa shape index (κ2) is 11.8. The summed E-state index contributed by atoms with van der Waals surface area (Å²) in [5.41, 5.74) is 4.95. The van der Waals surface area contributed by atoms with Crippen LogP contribution in [0.4, 0.5) is 5.69 Å². The van der Waals surface area contributed by atoms with E-state index in [1.807, 2.05) is 42.5 Å². The molecule has 2 heterocycles. The Labute approximate surface area is 235 Å². The number of benzene rings is 3. The van der Waals surface area contributed by atoms with Gasteiger partial charge in [-0.3, -0.25) is 0 Å². The van der Waals surface area contributed by atoms with E-state index < -0.39 is 5.97 Å². The fourth-order valence-electron chi connectivity index (χ4n) is 4.27. The van der Waals surface area contributed by atoms with E-state index in [1.165, 1.54) is 6.07 Å². The number of pyridine rings is 1. The summed E-state index contributed by atoms with van der Waals surface area (Å²) < 4.78 is 11.8. The average Bonchev–Trinajstić information content (AvgIpc) is 3.32. The van der Waals surface area contributed by atoms with E-state index in [2.05, 4.69) is 22.4 Å². The Morgan fingerprint density at radius 1 is 1.00 bits per heavy atom. The number of aryl methyl sites for hydroxylation is 1. The van der Waals surface area contributed by atoms with Crippen LogP contribution in [0.25, 0.3) is 22.0 Å². The largest absolute Gasteiger partial charge is 0.489 e. The van der Waals surface area contributed by atoms with Gasteiger partial charge in [-0.05, 0) is 60.0 Å². The molecule has 198 valence electrons. The summed E-state index contributed by atoms with van der Waals surface area (Å²) in [6.07, 6.45) is 1.67. The summed E-state index contributed by atoms with van der Waals surface area (Å²) in [6, 6.07) is 22.2. The number of nitrogens with one attached hydrogen (secondary N) is 1. The first-order chi connectivity index (χ1) is 18.9. The summed E-state index contributed by atoms with van der Waals surface area (Å²) in [6.45, 7) is 2.78. The maximum Gasteiger partial charge on any atom is 0.354 e. The Morgan fingerprint density at radius 2 is 1.74 bits per heavy atom. The van der Waals surface area contributed by atoms with Crippen molar-refractivity contribution in [2.24, 2.45) is 0 Å². The molecule has 5 aromatic rings. The number of carbonyl (C=O) groups is 1. The van der Waals surface area contributed by atoms with Crippen molar-refractivity contribution in [3.8, 4) is 16.9 Å². The molecule has 0 unspecified atom stereocenters. The Kier molecular flexibility index (Phi) is 8.00. The number of halogens is 2. The second-order valence-electron chi connectivity index (χ2n) is 8.95. The quantitative estimate of drug-likeness (QED) is 0.178. The molecule has 5 rings (SSSR count). The first kappa shape index (κ1) is 26.5. The molecule has 0 aliphatic heterocycles. The van der Waals surface area contributed by atoms with Crippen LogP contribution < -0.4 is 10.1 Å². The normalized spacial score (nSPS) is 11.1. The highest BCUT2D eigenvalue weighted by atomic mass is 35.5. The lowest BCUT2D eigenvalue weighted by Gasteiger charge is -2.11. The van der Waals surface area contributed by atoms with Gasteiger partial charge in [0.25, 0.3) is 0 Å². The van der Waals surface area contributed by atoms with Crippen LogP contribution >= 0.6 is 23.2 Å². The molecular formula is C30H25Cl2N3O4. The lowest BCUT2D eigenvalue weighted by molar-refractivity contribution is 0.0691. The van der Waals surface area contributed by atoms with E-state index >= 15 is 0 Å². The Bertz CT molecular complexity index is 1610. The predicted octanol–water partition coefficient (Wildman–Crippen LogP) is 8.04. The number of anilines is 1. The molecule has 9 heteroatoms. The molecule has 0 atom stereocenters. The van der Waals surface area contributed by atoms with Crippen molar-refractivity contribution in [2.45, 2.75) is 32.9 Å². The van der Waals surface area contributed by atoms with Crippen LogP contribution in [0.3, 0.4) is 0 Å². The van der Waals surface area contributed by atoms with Crippen molar-refractivity contribution < 1.29 is 19.2 Å². The average molecular weight is 562 g/mol. The van der Waals surface area contributed by atoms with Crippen LogP contribution in [-0.4, -0.2) is 21.2 Å². The molecule has 0 fully saturated rings. The molecule has 0 bridgehead atoms. The number of rotatable bonds is 10. The Morgan fingerprint density at radius 3 is 2.46 bits per heavy atom. The van der Waals surface area contributed by atoms with Gasteiger partial charge in [0.05, 0.1) is 33.4 Å². The van der Waals surface area contributed by atoms with Crippen LogP contribution in [0.15, 0.2) is 77.3 Å². The number of carboxylic acids is 1. The first-order valence-electron chi connectivity index (χ1n) is 12.4. The maximum absolute atomic E-state index is 11.2. The highest BCUT2D eigenvalue weighted by Gasteiger charge is 2.17. The van der Waals surface area contributed by atoms with Crippen molar-refractivity contribution in [1.82, 2.24) is 10.1 Å². The predicted molar refractivity (Wildman–Crippen MR) is 153 cm³/mol. The minimum Gasteiger partial charge on any atom is -0.489 e. The van der Waals surface area contributed by atoms with E-state index in [9.17, 15) is 4.79 Å². The molecule has 7 nitrogen and oxygen atoms in total. The third kappa shape index (κ3) is 6.00. The van der Waals surface area contributed by atoms with Crippen LogP contribution in [0.5, 0.6) is 5.75 Å². The highest BCUT2D eigenvalue weighted by molar-refractivity contribution is 6.39. The maximum atomic E-state index is 11.2. The number of aromatic carboxylic acids is 1. The van der Waals surface area contributed by atoms with Gasteiger partial charge >= 0.3 is 5.97 Å². The molecular weight excluding hydrogens is 537 g/mol. The van der Waals surface area contributed by atoms with E-state index in [1.54, 1.807) is 24.3 Å². The fourth-order valence-corrected chi connectivity index (χ4v) is 4.80. The summed E-state index contributed by atoms with van der Waals surface area (Å²) in [5.74, 6) is 0.467.